The molecule has 2 fully saturated rings. The summed E-state index contributed by atoms with van der Waals surface area (Å²) in [6.07, 6.45) is 1.90. The number of carbonyl (C=O) groups excluding carboxylic acids is 1. The Morgan fingerprint density at radius 2 is 2.05 bits per heavy atom. The third-order valence-corrected chi connectivity index (χ3v) is 5.81. The summed E-state index contributed by atoms with van der Waals surface area (Å²) >= 11 is 0. The maximum atomic E-state index is 12.1. The molecule has 0 radical (unpaired) electrons. The fourth-order valence-electron chi connectivity index (χ4n) is 2.89. The van der Waals surface area contributed by atoms with Gasteiger partial charge in [0, 0.05) is 24.5 Å². The molecule has 1 unspecified atom stereocenters. The molecule has 1 atom stereocenters. The maximum absolute atomic E-state index is 12.1. The normalized spacial score (nSPS) is 24.2. The van der Waals surface area contributed by atoms with E-state index in [0.29, 0.717) is 13.1 Å². The van der Waals surface area contributed by atoms with Crippen LogP contribution in [-0.2, 0) is 14.6 Å². The van der Waals surface area contributed by atoms with Gasteiger partial charge in [-0.15, -0.1) is 0 Å². The number of carbonyl (C=O) groups is 1. The molecule has 0 spiro atoms. The Labute approximate surface area is 130 Å². The molecule has 2 N–H and O–H groups in total. The van der Waals surface area contributed by atoms with Crippen molar-refractivity contribution in [3.8, 4) is 0 Å². The summed E-state index contributed by atoms with van der Waals surface area (Å²) in [5.74, 6) is 0.376. The smallest absolute Gasteiger partial charge is 0.241 e. The van der Waals surface area contributed by atoms with Crippen LogP contribution in [0.25, 0.3) is 0 Å². The monoisotopic (exact) mass is 323 g/mol. The first-order valence-electron chi connectivity index (χ1n) is 7.63. The van der Waals surface area contributed by atoms with Crippen LogP contribution < -0.4 is 15.5 Å². The molecule has 0 saturated carbocycles. The number of benzene rings is 1. The van der Waals surface area contributed by atoms with E-state index in [9.17, 15) is 13.2 Å². The van der Waals surface area contributed by atoms with Crippen LogP contribution in [0.4, 0.5) is 11.4 Å². The predicted molar refractivity (Wildman–Crippen MR) is 87.0 cm³/mol. The highest BCUT2D eigenvalue weighted by Crippen LogP contribution is 2.22. The van der Waals surface area contributed by atoms with Gasteiger partial charge in [0.2, 0.25) is 5.91 Å². The number of hydrogen-bond acceptors (Lipinski definition) is 5. The Morgan fingerprint density at radius 3 is 2.73 bits per heavy atom. The number of hydrogen-bond donors (Lipinski definition) is 2. The van der Waals surface area contributed by atoms with E-state index in [4.69, 9.17) is 0 Å². The van der Waals surface area contributed by atoms with Crippen molar-refractivity contribution in [2.24, 2.45) is 0 Å². The van der Waals surface area contributed by atoms with Crippen LogP contribution in [0.1, 0.15) is 12.8 Å². The minimum absolute atomic E-state index is 0.00382. The second-order valence-corrected chi connectivity index (χ2v) is 8.13. The molecule has 0 aliphatic carbocycles. The van der Waals surface area contributed by atoms with E-state index in [1.165, 1.54) is 0 Å². The lowest BCUT2D eigenvalue weighted by molar-refractivity contribution is -0.117. The van der Waals surface area contributed by atoms with Gasteiger partial charge in [-0.2, -0.15) is 0 Å². The number of amides is 1. The van der Waals surface area contributed by atoms with Crippen molar-refractivity contribution in [2.45, 2.75) is 18.9 Å². The predicted octanol–water partition coefficient (Wildman–Crippen LogP) is 0.612. The van der Waals surface area contributed by atoms with Crippen LogP contribution in [-0.4, -0.2) is 51.5 Å². The molecular formula is C15H21N3O3S. The van der Waals surface area contributed by atoms with Gasteiger partial charge in [0.25, 0.3) is 0 Å². The Kier molecular flexibility index (Phi) is 4.35. The highest BCUT2D eigenvalue weighted by Gasteiger charge is 2.23. The first-order valence-corrected chi connectivity index (χ1v) is 9.45. The Balaban J connectivity index is 1.66. The Morgan fingerprint density at radius 1 is 1.27 bits per heavy atom. The molecule has 2 heterocycles. The van der Waals surface area contributed by atoms with Gasteiger partial charge in [-0.25, -0.2) is 8.42 Å². The van der Waals surface area contributed by atoms with Gasteiger partial charge in [-0.3, -0.25) is 4.79 Å². The fourth-order valence-corrected chi connectivity index (χ4v) is 4.09. The average molecular weight is 323 g/mol. The zero-order valence-electron chi connectivity index (χ0n) is 12.4. The van der Waals surface area contributed by atoms with Gasteiger partial charge in [0.1, 0.15) is 0 Å². The summed E-state index contributed by atoms with van der Waals surface area (Å²) in [7, 11) is -2.88. The van der Waals surface area contributed by atoms with Crippen molar-refractivity contribution in [1.82, 2.24) is 5.32 Å². The molecule has 3 rings (SSSR count). The van der Waals surface area contributed by atoms with Gasteiger partial charge in [-0.05, 0) is 37.6 Å². The fraction of sp³-hybridized carbons (Fsp3) is 0.533. The van der Waals surface area contributed by atoms with Crippen LogP contribution in [0.5, 0.6) is 0 Å². The second-order valence-electron chi connectivity index (χ2n) is 5.83. The molecule has 6 nitrogen and oxygen atoms in total. The zero-order valence-corrected chi connectivity index (χ0v) is 13.2. The van der Waals surface area contributed by atoms with Gasteiger partial charge < -0.3 is 15.5 Å². The molecule has 22 heavy (non-hydrogen) atoms. The quantitative estimate of drug-likeness (QED) is 0.852. The Bertz CT molecular complexity index is 640. The maximum Gasteiger partial charge on any atom is 0.241 e. The summed E-state index contributed by atoms with van der Waals surface area (Å²) in [4.78, 5) is 14.2. The van der Waals surface area contributed by atoms with E-state index in [2.05, 4.69) is 10.6 Å². The first-order chi connectivity index (χ1) is 10.5. The summed E-state index contributed by atoms with van der Waals surface area (Å²) in [6, 6.07) is 7.49. The summed E-state index contributed by atoms with van der Waals surface area (Å²) in [6.45, 7) is 1.90. The second kappa shape index (κ2) is 6.26. The van der Waals surface area contributed by atoms with Gasteiger partial charge >= 0.3 is 0 Å². The lowest BCUT2D eigenvalue weighted by Crippen LogP contribution is -2.40. The van der Waals surface area contributed by atoms with Crippen LogP contribution >= 0.6 is 0 Å². The minimum atomic E-state index is -2.88. The van der Waals surface area contributed by atoms with Crippen molar-refractivity contribution < 1.29 is 13.2 Å². The van der Waals surface area contributed by atoms with Crippen molar-refractivity contribution in [3.05, 3.63) is 24.3 Å². The molecule has 2 aliphatic heterocycles. The van der Waals surface area contributed by atoms with E-state index < -0.39 is 9.84 Å². The first kappa shape index (κ1) is 15.3. The zero-order chi connectivity index (χ0) is 15.6. The van der Waals surface area contributed by atoms with Crippen molar-refractivity contribution >= 4 is 27.1 Å². The van der Waals surface area contributed by atoms with E-state index >= 15 is 0 Å². The molecule has 1 aromatic rings. The Hall–Kier alpha value is -1.60. The molecule has 7 heteroatoms. The summed E-state index contributed by atoms with van der Waals surface area (Å²) in [5.41, 5.74) is 1.71. The highest BCUT2D eigenvalue weighted by molar-refractivity contribution is 7.91. The molecule has 0 aromatic heterocycles. The third kappa shape index (κ3) is 3.59. The van der Waals surface area contributed by atoms with Gasteiger partial charge in [0.05, 0.1) is 17.5 Å². The van der Waals surface area contributed by atoms with Crippen LogP contribution in [0, 0.1) is 0 Å². The molecule has 1 amide bonds. The number of sulfone groups is 1. The minimum Gasteiger partial charge on any atom is -0.369 e. The number of nitrogens with one attached hydrogen (secondary N) is 2. The van der Waals surface area contributed by atoms with E-state index in [0.717, 1.165) is 30.8 Å². The van der Waals surface area contributed by atoms with Crippen molar-refractivity contribution in [1.29, 1.82) is 0 Å². The van der Waals surface area contributed by atoms with Crippen LogP contribution in [0.3, 0.4) is 0 Å². The van der Waals surface area contributed by atoms with Crippen molar-refractivity contribution in [2.75, 3.05) is 41.4 Å². The molecule has 2 aliphatic rings. The standard InChI is InChI=1S/C15H21N3O3S/c19-15(14-5-2-6-16-14)17-12-3-1-4-13(11-12)18-7-9-22(20,21)10-8-18/h1,3-4,11,14,16H,2,5-10H2,(H,17,19). The number of rotatable bonds is 3. The van der Waals surface area contributed by atoms with E-state index in [1.54, 1.807) is 0 Å². The molecule has 2 saturated heterocycles. The SMILES string of the molecule is O=C(Nc1cccc(N2CCS(=O)(=O)CC2)c1)C1CCCN1. The summed E-state index contributed by atoms with van der Waals surface area (Å²) < 4.78 is 23.0. The molecule has 120 valence electrons. The van der Waals surface area contributed by atoms with E-state index in [1.807, 2.05) is 29.2 Å². The van der Waals surface area contributed by atoms with Crippen LogP contribution in [0.2, 0.25) is 0 Å². The topological polar surface area (TPSA) is 78.5 Å². The van der Waals surface area contributed by atoms with Gasteiger partial charge in [-0.1, -0.05) is 6.07 Å². The third-order valence-electron chi connectivity index (χ3n) is 4.20. The van der Waals surface area contributed by atoms with Crippen molar-refractivity contribution in [3.63, 3.8) is 0 Å². The lowest BCUT2D eigenvalue weighted by atomic mass is 10.2. The number of nitrogens with zero attached hydrogens (tertiary/aromatic N) is 1. The highest BCUT2D eigenvalue weighted by atomic mass is 32.2. The molecule has 1 aromatic carbocycles. The van der Waals surface area contributed by atoms with Gasteiger partial charge in [0.15, 0.2) is 9.84 Å². The molecular weight excluding hydrogens is 302 g/mol. The summed E-state index contributed by atoms with van der Waals surface area (Å²) in [5, 5.41) is 6.11. The molecule has 0 bridgehead atoms. The number of anilines is 2. The van der Waals surface area contributed by atoms with E-state index in [-0.39, 0.29) is 23.5 Å². The van der Waals surface area contributed by atoms with Crippen LogP contribution in [0.15, 0.2) is 24.3 Å². The average Bonchev–Trinajstić information content (AvgIpc) is 3.02. The lowest BCUT2D eigenvalue weighted by Gasteiger charge is -2.29. The largest absolute Gasteiger partial charge is 0.369 e.